The highest BCUT2D eigenvalue weighted by Gasteiger charge is 2.21. The molecule has 0 aromatic rings. The average molecular weight is 411 g/mol. The maximum absolute atomic E-state index is 11.9. The molecule has 1 heterocycles. The number of likely N-dealkylation sites (tertiary alicyclic amines) is 1. The van der Waals surface area contributed by atoms with Crippen LogP contribution < -0.4 is 16.0 Å². The van der Waals surface area contributed by atoms with E-state index >= 15 is 0 Å². The molecule has 0 aromatic carbocycles. The van der Waals surface area contributed by atoms with Gasteiger partial charge in [-0.25, -0.2) is 0 Å². The fourth-order valence-corrected chi connectivity index (χ4v) is 3.83. The molecule has 1 rings (SSSR count). The van der Waals surface area contributed by atoms with Crippen molar-refractivity contribution in [2.24, 2.45) is 4.99 Å². The normalized spacial score (nSPS) is 16.7. The lowest BCUT2D eigenvalue weighted by atomic mass is 10.1. The van der Waals surface area contributed by atoms with Gasteiger partial charge in [0.2, 0.25) is 5.91 Å². The van der Waals surface area contributed by atoms with Crippen LogP contribution >= 0.6 is 0 Å². The van der Waals surface area contributed by atoms with E-state index < -0.39 is 0 Å². The number of carbonyl (C=O) groups excluding carboxylic acids is 1. The Morgan fingerprint density at radius 2 is 1.76 bits per heavy atom. The number of nitrogens with zero attached hydrogens (tertiary/aromatic N) is 3. The van der Waals surface area contributed by atoms with E-state index in [1.54, 1.807) is 0 Å². The van der Waals surface area contributed by atoms with Crippen molar-refractivity contribution < 1.29 is 4.79 Å². The van der Waals surface area contributed by atoms with Crippen LogP contribution in [0.15, 0.2) is 4.99 Å². The summed E-state index contributed by atoms with van der Waals surface area (Å²) in [7, 11) is 0. The molecule has 0 spiro atoms. The number of rotatable bonds is 12. The zero-order valence-electron chi connectivity index (χ0n) is 19.8. The van der Waals surface area contributed by atoms with Gasteiger partial charge in [-0.15, -0.1) is 0 Å². The van der Waals surface area contributed by atoms with E-state index in [9.17, 15) is 4.79 Å². The lowest BCUT2D eigenvalue weighted by Crippen LogP contribution is -2.50. The number of hydrogen-bond acceptors (Lipinski definition) is 4. The zero-order chi connectivity index (χ0) is 21.6. The minimum absolute atomic E-state index is 0.144. The summed E-state index contributed by atoms with van der Waals surface area (Å²) in [4.78, 5) is 21.4. The zero-order valence-corrected chi connectivity index (χ0v) is 19.8. The van der Waals surface area contributed by atoms with Crippen molar-refractivity contribution in [1.82, 2.24) is 25.8 Å². The van der Waals surface area contributed by atoms with Crippen LogP contribution in [0.3, 0.4) is 0 Å². The van der Waals surface area contributed by atoms with Gasteiger partial charge >= 0.3 is 0 Å². The molecule has 1 amide bonds. The first-order chi connectivity index (χ1) is 13.9. The van der Waals surface area contributed by atoms with Crippen LogP contribution in [-0.2, 0) is 4.79 Å². The van der Waals surface area contributed by atoms with E-state index in [1.165, 1.54) is 0 Å². The minimum atomic E-state index is 0.144. The molecule has 0 unspecified atom stereocenters. The fraction of sp³-hybridized carbons (Fsp3) is 0.909. The van der Waals surface area contributed by atoms with Gasteiger partial charge in [0, 0.05) is 57.4 Å². The molecule has 0 aliphatic carbocycles. The molecular formula is C22H46N6O. The summed E-state index contributed by atoms with van der Waals surface area (Å²) in [6.45, 7) is 19.2. The van der Waals surface area contributed by atoms with Gasteiger partial charge in [-0.2, -0.15) is 0 Å². The monoisotopic (exact) mass is 410 g/mol. The average Bonchev–Trinajstić information content (AvgIpc) is 2.67. The number of carbonyl (C=O) groups is 1. The van der Waals surface area contributed by atoms with E-state index in [1.807, 2.05) is 0 Å². The Labute approximate surface area is 179 Å². The summed E-state index contributed by atoms with van der Waals surface area (Å²) in [6.07, 6.45) is 4.13. The molecule has 29 heavy (non-hydrogen) atoms. The van der Waals surface area contributed by atoms with Crippen molar-refractivity contribution in [3.63, 3.8) is 0 Å². The van der Waals surface area contributed by atoms with Crippen molar-refractivity contribution in [3.05, 3.63) is 0 Å². The second kappa shape index (κ2) is 14.6. The Bertz CT molecular complexity index is 464. The quantitative estimate of drug-likeness (QED) is 0.261. The Morgan fingerprint density at radius 1 is 1.10 bits per heavy atom. The minimum Gasteiger partial charge on any atom is -0.357 e. The van der Waals surface area contributed by atoms with E-state index in [0.717, 1.165) is 70.9 Å². The van der Waals surface area contributed by atoms with Crippen molar-refractivity contribution in [2.45, 2.75) is 85.4 Å². The first kappa shape index (κ1) is 25.7. The summed E-state index contributed by atoms with van der Waals surface area (Å²) in [5.74, 6) is 1.07. The van der Waals surface area contributed by atoms with Gasteiger partial charge in [0.05, 0.1) is 6.54 Å². The first-order valence-electron chi connectivity index (χ1n) is 11.7. The van der Waals surface area contributed by atoms with Gasteiger partial charge in [0.25, 0.3) is 0 Å². The second-order valence-corrected chi connectivity index (χ2v) is 8.58. The van der Waals surface area contributed by atoms with E-state index in [-0.39, 0.29) is 5.91 Å². The van der Waals surface area contributed by atoms with Crippen LogP contribution in [-0.4, -0.2) is 85.6 Å². The Kier molecular flexibility index (Phi) is 12.9. The number of aliphatic imine (C=N–C) groups is 1. The van der Waals surface area contributed by atoms with Gasteiger partial charge < -0.3 is 16.0 Å². The largest absolute Gasteiger partial charge is 0.357 e. The van der Waals surface area contributed by atoms with E-state index in [2.05, 4.69) is 67.3 Å². The maximum Gasteiger partial charge on any atom is 0.234 e. The van der Waals surface area contributed by atoms with E-state index in [4.69, 9.17) is 4.99 Å². The third kappa shape index (κ3) is 10.8. The summed E-state index contributed by atoms with van der Waals surface area (Å²) in [5.41, 5.74) is 0. The van der Waals surface area contributed by atoms with Gasteiger partial charge in [0.1, 0.15) is 0 Å². The lowest BCUT2D eigenvalue weighted by molar-refractivity contribution is -0.122. The third-order valence-corrected chi connectivity index (χ3v) is 5.38. The van der Waals surface area contributed by atoms with Crippen molar-refractivity contribution in [2.75, 3.05) is 45.8 Å². The molecule has 1 aliphatic heterocycles. The molecular weight excluding hydrogens is 364 g/mol. The summed E-state index contributed by atoms with van der Waals surface area (Å²) in [5, 5.41) is 9.94. The molecule has 1 saturated heterocycles. The van der Waals surface area contributed by atoms with Crippen molar-refractivity contribution in [3.8, 4) is 0 Å². The first-order valence-corrected chi connectivity index (χ1v) is 11.7. The highest BCUT2D eigenvalue weighted by molar-refractivity contribution is 5.80. The summed E-state index contributed by atoms with van der Waals surface area (Å²) >= 11 is 0. The Morgan fingerprint density at radius 3 is 2.31 bits per heavy atom. The molecule has 170 valence electrons. The molecule has 1 aliphatic rings. The number of hydrogen-bond donors (Lipinski definition) is 3. The Hall–Kier alpha value is -1.34. The fourth-order valence-electron chi connectivity index (χ4n) is 3.83. The van der Waals surface area contributed by atoms with Crippen LogP contribution in [0.1, 0.15) is 67.2 Å². The molecule has 7 nitrogen and oxygen atoms in total. The predicted octanol–water partition coefficient (Wildman–Crippen LogP) is 2.04. The highest BCUT2D eigenvalue weighted by atomic mass is 16.2. The van der Waals surface area contributed by atoms with E-state index in [0.29, 0.717) is 24.7 Å². The smallest absolute Gasteiger partial charge is 0.234 e. The maximum atomic E-state index is 11.9. The van der Waals surface area contributed by atoms with Gasteiger partial charge in [0.15, 0.2) is 5.96 Å². The van der Waals surface area contributed by atoms with Crippen LogP contribution in [0.4, 0.5) is 0 Å². The standard InChI is InChI=1S/C22H46N6O/c1-7-12-24-21(29)17-27-15-10-20(11-16-27)26-22(23-8-2)25-13-9-14-28(18(3)4)19(5)6/h18-20H,7-17H2,1-6H3,(H,24,29)(H2,23,25,26). The molecule has 0 aromatic heterocycles. The van der Waals surface area contributed by atoms with Gasteiger partial charge in [-0.1, -0.05) is 6.92 Å². The molecule has 1 fully saturated rings. The van der Waals surface area contributed by atoms with Gasteiger partial charge in [-0.05, 0) is 60.3 Å². The van der Waals surface area contributed by atoms with Crippen LogP contribution in [0, 0.1) is 0 Å². The molecule has 3 N–H and O–H groups in total. The summed E-state index contributed by atoms with van der Waals surface area (Å²) in [6, 6.07) is 1.56. The lowest BCUT2D eigenvalue weighted by Gasteiger charge is -2.32. The third-order valence-electron chi connectivity index (χ3n) is 5.38. The highest BCUT2D eigenvalue weighted by Crippen LogP contribution is 2.10. The predicted molar refractivity (Wildman–Crippen MR) is 123 cm³/mol. The van der Waals surface area contributed by atoms with Crippen molar-refractivity contribution in [1.29, 1.82) is 0 Å². The Balaban J connectivity index is 2.38. The summed E-state index contributed by atoms with van der Waals surface area (Å²) < 4.78 is 0. The van der Waals surface area contributed by atoms with Crippen molar-refractivity contribution >= 4 is 11.9 Å². The SMILES string of the molecule is CCCNC(=O)CN1CCC(NC(=NCCCN(C(C)C)C(C)C)NCC)CC1. The number of guanidine groups is 1. The molecule has 7 heteroatoms. The number of nitrogens with one attached hydrogen (secondary N) is 3. The second-order valence-electron chi connectivity index (χ2n) is 8.58. The topological polar surface area (TPSA) is 72.0 Å². The molecule has 0 bridgehead atoms. The van der Waals surface area contributed by atoms with Gasteiger partial charge in [-0.3, -0.25) is 19.6 Å². The number of piperidine rings is 1. The molecule has 0 saturated carbocycles. The van der Waals surface area contributed by atoms with Crippen LogP contribution in [0.25, 0.3) is 0 Å². The molecule has 0 radical (unpaired) electrons. The van der Waals surface area contributed by atoms with Crippen LogP contribution in [0.5, 0.6) is 0 Å². The molecule has 0 atom stereocenters. The number of amides is 1. The van der Waals surface area contributed by atoms with Crippen LogP contribution in [0.2, 0.25) is 0 Å².